The molecule has 1 aliphatic heterocycles. The van der Waals surface area contributed by atoms with Gasteiger partial charge < -0.3 is 14.6 Å². The molecule has 6 nitrogen and oxygen atoms in total. The van der Waals surface area contributed by atoms with Crippen molar-refractivity contribution in [3.63, 3.8) is 0 Å². The number of carbonyl (C=O) groups excluding carboxylic acids is 1. The number of aryl methyl sites for hydroxylation is 2. The highest BCUT2D eigenvalue weighted by Crippen LogP contribution is 2.40. The van der Waals surface area contributed by atoms with Gasteiger partial charge in [0.15, 0.2) is 5.16 Å². The van der Waals surface area contributed by atoms with E-state index >= 15 is 0 Å². The molecule has 1 amide bonds. The van der Waals surface area contributed by atoms with E-state index in [2.05, 4.69) is 27.0 Å². The van der Waals surface area contributed by atoms with E-state index in [4.69, 9.17) is 4.74 Å². The van der Waals surface area contributed by atoms with E-state index in [-0.39, 0.29) is 12.0 Å². The molecule has 2 fully saturated rings. The highest BCUT2D eigenvalue weighted by atomic mass is 32.2. The zero-order valence-electron chi connectivity index (χ0n) is 15.9. The van der Waals surface area contributed by atoms with Crippen molar-refractivity contribution < 1.29 is 9.53 Å². The second-order valence-electron chi connectivity index (χ2n) is 7.50. The fourth-order valence-electron chi connectivity index (χ4n) is 3.36. The first-order valence-electron chi connectivity index (χ1n) is 9.65. The number of nitrogens with zero attached hydrogens (tertiary/aromatic N) is 3. The Balaban J connectivity index is 1.39. The normalized spacial score (nSPS) is 19.4. The van der Waals surface area contributed by atoms with Gasteiger partial charge in [-0.15, -0.1) is 10.2 Å². The summed E-state index contributed by atoms with van der Waals surface area (Å²) in [5.74, 6) is 1.88. The Morgan fingerprint density at radius 3 is 2.81 bits per heavy atom. The van der Waals surface area contributed by atoms with Crippen molar-refractivity contribution in [3.8, 4) is 0 Å². The minimum atomic E-state index is -0.0251. The minimum Gasteiger partial charge on any atom is -0.376 e. The second kappa shape index (κ2) is 8.02. The number of rotatable bonds is 7. The molecule has 1 atom stereocenters. The number of amides is 1. The van der Waals surface area contributed by atoms with Crippen molar-refractivity contribution in [3.05, 3.63) is 35.2 Å². The Kier molecular flexibility index (Phi) is 5.50. The summed E-state index contributed by atoms with van der Waals surface area (Å²) in [6.07, 6.45) is 4.80. The van der Waals surface area contributed by atoms with E-state index < -0.39 is 0 Å². The maximum absolute atomic E-state index is 12.4. The average molecular weight is 387 g/mol. The summed E-state index contributed by atoms with van der Waals surface area (Å²) >= 11 is 1.45. The summed E-state index contributed by atoms with van der Waals surface area (Å²) < 4.78 is 7.98. The Bertz CT molecular complexity index is 825. The van der Waals surface area contributed by atoms with Crippen LogP contribution in [0.25, 0.3) is 0 Å². The monoisotopic (exact) mass is 386 g/mol. The lowest BCUT2D eigenvalue weighted by Gasteiger charge is -2.14. The van der Waals surface area contributed by atoms with Gasteiger partial charge in [0.1, 0.15) is 5.82 Å². The molecule has 144 valence electrons. The van der Waals surface area contributed by atoms with E-state index in [1.165, 1.54) is 35.7 Å². The van der Waals surface area contributed by atoms with Crippen LogP contribution in [0.5, 0.6) is 0 Å². The number of thioether (sulfide) groups is 1. The minimum absolute atomic E-state index is 0.0251. The number of aromatic nitrogens is 3. The molecule has 1 saturated heterocycles. The smallest absolute Gasteiger partial charge is 0.234 e. The molecule has 0 radical (unpaired) electrons. The van der Waals surface area contributed by atoms with Gasteiger partial charge >= 0.3 is 0 Å². The quantitative estimate of drug-likeness (QED) is 0.735. The van der Waals surface area contributed by atoms with Crippen LogP contribution in [0.4, 0.5) is 5.69 Å². The van der Waals surface area contributed by atoms with Crippen LogP contribution < -0.4 is 5.32 Å². The van der Waals surface area contributed by atoms with Crippen molar-refractivity contribution in [2.24, 2.45) is 0 Å². The van der Waals surface area contributed by atoms with E-state index in [1.807, 2.05) is 25.1 Å². The van der Waals surface area contributed by atoms with E-state index in [0.29, 0.717) is 11.7 Å². The van der Waals surface area contributed by atoms with Crippen LogP contribution in [-0.2, 0) is 16.1 Å². The van der Waals surface area contributed by atoms with Gasteiger partial charge in [-0.05, 0) is 62.8 Å². The number of anilines is 1. The number of carbonyl (C=O) groups is 1. The largest absolute Gasteiger partial charge is 0.376 e. The third-order valence-corrected chi connectivity index (χ3v) is 6.19. The molecule has 2 heterocycles. The fraction of sp³-hybridized carbons (Fsp3) is 0.550. The van der Waals surface area contributed by atoms with Crippen LogP contribution in [0.3, 0.4) is 0 Å². The number of hydrogen-bond acceptors (Lipinski definition) is 5. The van der Waals surface area contributed by atoms with Crippen LogP contribution in [-0.4, -0.2) is 39.1 Å². The molecule has 1 aliphatic carbocycles. The summed E-state index contributed by atoms with van der Waals surface area (Å²) in [5, 5.41) is 12.6. The topological polar surface area (TPSA) is 69.0 Å². The summed E-state index contributed by atoms with van der Waals surface area (Å²) in [5.41, 5.74) is 3.23. The van der Waals surface area contributed by atoms with Crippen LogP contribution in [0.1, 0.15) is 48.6 Å². The molecule has 2 aromatic rings. The molecule has 4 rings (SSSR count). The lowest BCUT2D eigenvalue weighted by Crippen LogP contribution is -2.19. The molecule has 1 saturated carbocycles. The third kappa shape index (κ3) is 4.52. The van der Waals surface area contributed by atoms with Gasteiger partial charge in [-0.25, -0.2) is 0 Å². The van der Waals surface area contributed by atoms with Gasteiger partial charge in [-0.2, -0.15) is 0 Å². The lowest BCUT2D eigenvalue weighted by molar-refractivity contribution is -0.113. The van der Waals surface area contributed by atoms with Gasteiger partial charge in [0.25, 0.3) is 0 Å². The van der Waals surface area contributed by atoms with Crippen molar-refractivity contribution in [1.29, 1.82) is 0 Å². The van der Waals surface area contributed by atoms with Gasteiger partial charge in [0.2, 0.25) is 5.91 Å². The molecule has 2 aliphatic rings. The molecular weight excluding hydrogens is 360 g/mol. The van der Waals surface area contributed by atoms with Gasteiger partial charge in [-0.3, -0.25) is 4.79 Å². The Hall–Kier alpha value is -1.86. The molecule has 1 N–H and O–H groups in total. The molecule has 0 spiro atoms. The van der Waals surface area contributed by atoms with Crippen LogP contribution in [0.2, 0.25) is 0 Å². The molecule has 1 aromatic carbocycles. The van der Waals surface area contributed by atoms with Crippen LogP contribution >= 0.6 is 11.8 Å². The van der Waals surface area contributed by atoms with Gasteiger partial charge in [0.05, 0.1) is 18.4 Å². The van der Waals surface area contributed by atoms with Crippen LogP contribution in [0.15, 0.2) is 23.4 Å². The van der Waals surface area contributed by atoms with E-state index in [9.17, 15) is 4.79 Å². The highest BCUT2D eigenvalue weighted by molar-refractivity contribution is 7.99. The summed E-state index contributed by atoms with van der Waals surface area (Å²) in [6.45, 7) is 5.74. The van der Waals surface area contributed by atoms with E-state index in [1.54, 1.807) is 0 Å². The first kappa shape index (κ1) is 18.5. The standard InChI is InChI=1S/C20H26N4O2S/c1-13-5-8-16(10-14(13)2)21-18(25)12-27-20-23-22-19(15-6-7-15)24(20)11-17-4-3-9-26-17/h5,8,10,15,17H,3-4,6-7,9,11-12H2,1-2H3,(H,21,25)/t17-/m0/s1. The number of ether oxygens (including phenoxy) is 1. The fourth-order valence-corrected chi connectivity index (χ4v) is 4.12. The number of hydrogen-bond donors (Lipinski definition) is 1. The second-order valence-corrected chi connectivity index (χ2v) is 8.44. The summed E-state index contributed by atoms with van der Waals surface area (Å²) in [6, 6.07) is 5.97. The Labute approximate surface area is 164 Å². The maximum Gasteiger partial charge on any atom is 0.234 e. The van der Waals surface area contributed by atoms with Gasteiger partial charge in [0, 0.05) is 18.2 Å². The Morgan fingerprint density at radius 1 is 1.26 bits per heavy atom. The van der Waals surface area contributed by atoms with Crippen LogP contribution in [0, 0.1) is 13.8 Å². The molecule has 7 heteroatoms. The lowest BCUT2D eigenvalue weighted by atomic mass is 10.1. The zero-order valence-corrected chi connectivity index (χ0v) is 16.7. The first-order chi connectivity index (χ1) is 13.1. The molecule has 0 unspecified atom stereocenters. The summed E-state index contributed by atoms with van der Waals surface area (Å²) in [7, 11) is 0. The molecule has 0 bridgehead atoms. The van der Waals surface area contributed by atoms with Crippen molar-refractivity contribution in [2.45, 2.75) is 63.3 Å². The van der Waals surface area contributed by atoms with Crippen molar-refractivity contribution >= 4 is 23.4 Å². The van der Waals surface area contributed by atoms with Crippen molar-refractivity contribution in [1.82, 2.24) is 14.8 Å². The summed E-state index contributed by atoms with van der Waals surface area (Å²) in [4.78, 5) is 12.4. The number of benzene rings is 1. The van der Waals surface area contributed by atoms with Crippen molar-refractivity contribution in [2.75, 3.05) is 17.7 Å². The molecule has 27 heavy (non-hydrogen) atoms. The molecular formula is C20H26N4O2S. The molecule has 1 aromatic heterocycles. The zero-order chi connectivity index (χ0) is 18.8. The average Bonchev–Trinajstić information content (AvgIpc) is 3.21. The predicted molar refractivity (Wildman–Crippen MR) is 106 cm³/mol. The first-order valence-corrected chi connectivity index (χ1v) is 10.6. The van der Waals surface area contributed by atoms with E-state index in [0.717, 1.165) is 42.7 Å². The number of nitrogens with one attached hydrogen (secondary N) is 1. The Morgan fingerprint density at radius 2 is 2.11 bits per heavy atom. The SMILES string of the molecule is Cc1ccc(NC(=O)CSc2nnc(C3CC3)n2C[C@@H]2CCCO2)cc1C. The highest BCUT2D eigenvalue weighted by Gasteiger charge is 2.32. The predicted octanol–water partition coefficient (Wildman–Crippen LogP) is 3.68. The maximum atomic E-state index is 12.4. The van der Waals surface area contributed by atoms with Gasteiger partial charge in [-0.1, -0.05) is 17.8 Å². The third-order valence-electron chi connectivity index (χ3n) is 5.22.